The summed E-state index contributed by atoms with van der Waals surface area (Å²) in [4.78, 5) is 12.8. The molecule has 0 saturated heterocycles. The highest BCUT2D eigenvalue weighted by molar-refractivity contribution is 5.76. The molecule has 0 heterocycles. The molecule has 1 saturated carbocycles. The molecule has 32 heavy (non-hydrogen) atoms. The van der Waals surface area contributed by atoms with Crippen molar-refractivity contribution in [2.45, 2.75) is 97.3 Å². The number of esters is 1. The van der Waals surface area contributed by atoms with Crippen LogP contribution in [-0.2, 0) is 11.2 Å². The SMILES string of the molecule is CCCCCCCCCC1CCC(C(=O)Oc2ccc(-c3ccccc3)c(CC)c2)CC1. The van der Waals surface area contributed by atoms with Gasteiger partial charge in [0.25, 0.3) is 0 Å². The molecule has 0 unspecified atom stereocenters. The van der Waals surface area contributed by atoms with Crippen LogP contribution in [0.15, 0.2) is 48.5 Å². The van der Waals surface area contributed by atoms with Gasteiger partial charge in [-0.1, -0.05) is 102 Å². The fourth-order valence-electron chi connectivity index (χ4n) is 5.10. The Balaban J connectivity index is 1.42. The number of hydrogen-bond donors (Lipinski definition) is 0. The largest absolute Gasteiger partial charge is 0.426 e. The molecule has 0 aliphatic heterocycles. The maximum absolute atomic E-state index is 12.8. The van der Waals surface area contributed by atoms with Crippen molar-refractivity contribution in [2.75, 3.05) is 0 Å². The smallest absolute Gasteiger partial charge is 0.314 e. The summed E-state index contributed by atoms with van der Waals surface area (Å²) in [5.74, 6) is 1.54. The molecule has 0 bridgehead atoms. The van der Waals surface area contributed by atoms with Gasteiger partial charge in [0.2, 0.25) is 0 Å². The van der Waals surface area contributed by atoms with E-state index in [1.54, 1.807) is 0 Å². The van der Waals surface area contributed by atoms with Gasteiger partial charge in [-0.05, 0) is 66.8 Å². The van der Waals surface area contributed by atoms with E-state index in [1.807, 2.05) is 18.2 Å². The highest BCUT2D eigenvalue weighted by Crippen LogP contribution is 2.34. The molecule has 0 amide bonds. The van der Waals surface area contributed by atoms with Crippen molar-refractivity contribution in [3.8, 4) is 16.9 Å². The van der Waals surface area contributed by atoms with Gasteiger partial charge in [0.05, 0.1) is 5.92 Å². The molecule has 1 aliphatic carbocycles. The third kappa shape index (κ3) is 7.50. The van der Waals surface area contributed by atoms with Crippen molar-refractivity contribution in [3.63, 3.8) is 0 Å². The molecule has 0 aromatic heterocycles. The van der Waals surface area contributed by atoms with Gasteiger partial charge in [0.1, 0.15) is 5.75 Å². The minimum atomic E-state index is -0.0334. The Morgan fingerprint density at radius 2 is 1.53 bits per heavy atom. The number of carbonyl (C=O) groups is 1. The zero-order valence-corrected chi connectivity index (χ0v) is 20.3. The van der Waals surface area contributed by atoms with E-state index in [-0.39, 0.29) is 11.9 Å². The Hall–Kier alpha value is -2.09. The van der Waals surface area contributed by atoms with Gasteiger partial charge in [-0.2, -0.15) is 0 Å². The first kappa shape index (κ1) is 24.6. The minimum absolute atomic E-state index is 0.0334. The number of ether oxygens (including phenoxy) is 1. The molecule has 2 aromatic rings. The van der Waals surface area contributed by atoms with E-state index >= 15 is 0 Å². The Labute approximate surface area is 195 Å². The van der Waals surface area contributed by atoms with Crippen LogP contribution in [0.3, 0.4) is 0 Å². The van der Waals surface area contributed by atoms with Crippen molar-refractivity contribution in [1.82, 2.24) is 0 Å². The third-order valence-electron chi connectivity index (χ3n) is 7.16. The summed E-state index contributed by atoms with van der Waals surface area (Å²) in [6.45, 7) is 4.43. The summed E-state index contributed by atoms with van der Waals surface area (Å²) in [6.07, 6.45) is 16.2. The van der Waals surface area contributed by atoms with Crippen LogP contribution in [0.5, 0.6) is 5.75 Å². The first-order valence-electron chi connectivity index (χ1n) is 13.1. The van der Waals surface area contributed by atoms with Gasteiger partial charge in [-0.15, -0.1) is 0 Å². The first-order valence-corrected chi connectivity index (χ1v) is 13.1. The molecule has 2 aromatic carbocycles. The number of unbranched alkanes of at least 4 members (excludes halogenated alkanes) is 6. The van der Waals surface area contributed by atoms with E-state index < -0.39 is 0 Å². The standard InChI is InChI=1S/C30H42O2/c1-3-5-6-7-8-9-11-14-24-17-19-27(20-18-24)30(31)32-28-21-22-29(25(4-2)23-28)26-15-12-10-13-16-26/h10,12-13,15-16,21-24,27H,3-9,11,14,17-20H2,1-2H3. The molecular weight excluding hydrogens is 392 g/mol. The number of aryl methyl sites for hydroxylation is 1. The number of carbonyl (C=O) groups excluding carboxylic acids is 1. The zero-order chi connectivity index (χ0) is 22.6. The molecule has 0 atom stereocenters. The first-order chi connectivity index (χ1) is 15.7. The second-order valence-corrected chi connectivity index (χ2v) is 9.59. The maximum atomic E-state index is 12.8. The molecule has 1 fully saturated rings. The van der Waals surface area contributed by atoms with E-state index in [0.717, 1.165) is 25.2 Å². The van der Waals surface area contributed by atoms with Gasteiger partial charge in [-0.25, -0.2) is 0 Å². The quantitative estimate of drug-likeness (QED) is 0.189. The summed E-state index contributed by atoms with van der Waals surface area (Å²) in [5, 5.41) is 0. The Bertz CT molecular complexity index is 803. The Morgan fingerprint density at radius 3 is 2.22 bits per heavy atom. The topological polar surface area (TPSA) is 26.3 Å². The molecule has 2 nitrogen and oxygen atoms in total. The molecule has 0 radical (unpaired) electrons. The molecular formula is C30H42O2. The summed E-state index contributed by atoms with van der Waals surface area (Å²) in [5.41, 5.74) is 3.65. The van der Waals surface area contributed by atoms with Gasteiger partial charge in [0.15, 0.2) is 0 Å². The van der Waals surface area contributed by atoms with Crippen LogP contribution in [0.25, 0.3) is 11.1 Å². The molecule has 2 heteroatoms. The average Bonchev–Trinajstić information content (AvgIpc) is 2.84. The normalized spacial score (nSPS) is 18.4. The second-order valence-electron chi connectivity index (χ2n) is 9.59. The van der Waals surface area contributed by atoms with E-state index in [1.165, 1.54) is 80.9 Å². The fraction of sp³-hybridized carbons (Fsp3) is 0.567. The van der Waals surface area contributed by atoms with Gasteiger partial charge < -0.3 is 4.74 Å². The monoisotopic (exact) mass is 434 g/mol. The zero-order valence-electron chi connectivity index (χ0n) is 20.3. The van der Waals surface area contributed by atoms with Crippen LogP contribution < -0.4 is 4.74 Å². The van der Waals surface area contributed by atoms with Crippen molar-refractivity contribution < 1.29 is 9.53 Å². The lowest BCUT2D eigenvalue weighted by atomic mass is 9.79. The van der Waals surface area contributed by atoms with Crippen LogP contribution in [-0.4, -0.2) is 5.97 Å². The van der Waals surface area contributed by atoms with Gasteiger partial charge in [0, 0.05) is 0 Å². The van der Waals surface area contributed by atoms with Crippen LogP contribution >= 0.6 is 0 Å². The van der Waals surface area contributed by atoms with Crippen LogP contribution in [0, 0.1) is 11.8 Å². The molecule has 0 spiro atoms. The Kier molecular flexibility index (Phi) is 10.3. The lowest BCUT2D eigenvalue weighted by molar-refractivity contribution is -0.140. The van der Waals surface area contributed by atoms with Crippen molar-refractivity contribution in [3.05, 3.63) is 54.1 Å². The number of rotatable bonds is 12. The van der Waals surface area contributed by atoms with Crippen LogP contribution in [0.4, 0.5) is 0 Å². The lowest BCUT2D eigenvalue weighted by Crippen LogP contribution is -2.25. The van der Waals surface area contributed by atoms with Gasteiger partial charge >= 0.3 is 5.97 Å². The minimum Gasteiger partial charge on any atom is -0.426 e. The second kappa shape index (κ2) is 13.5. The van der Waals surface area contributed by atoms with Gasteiger partial charge in [-0.3, -0.25) is 4.79 Å². The predicted molar refractivity (Wildman–Crippen MR) is 135 cm³/mol. The molecule has 3 rings (SSSR count). The van der Waals surface area contributed by atoms with E-state index in [9.17, 15) is 4.79 Å². The summed E-state index contributed by atoms with van der Waals surface area (Å²) >= 11 is 0. The summed E-state index contributed by atoms with van der Waals surface area (Å²) in [7, 11) is 0. The van der Waals surface area contributed by atoms with E-state index in [0.29, 0.717) is 5.75 Å². The lowest BCUT2D eigenvalue weighted by Gasteiger charge is -2.27. The highest BCUT2D eigenvalue weighted by Gasteiger charge is 2.27. The van der Waals surface area contributed by atoms with Crippen molar-refractivity contribution in [2.24, 2.45) is 11.8 Å². The predicted octanol–water partition coefficient (Wildman–Crippen LogP) is 8.77. The number of hydrogen-bond acceptors (Lipinski definition) is 2. The van der Waals surface area contributed by atoms with Crippen molar-refractivity contribution in [1.29, 1.82) is 0 Å². The average molecular weight is 435 g/mol. The maximum Gasteiger partial charge on any atom is 0.314 e. The highest BCUT2D eigenvalue weighted by atomic mass is 16.5. The Morgan fingerprint density at radius 1 is 0.844 bits per heavy atom. The molecule has 1 aliphatic rings. The van der Waals surface area contributed by atoms with Crippen LogP contribution in [0.1, 0.15) is 96.5 Å². The van der Waals surface area contributed by atoms with E-state index in [4.69, 9.17) is 4.74 Å². The van der Waals surface area contributed by atoms with Crippen molar-refractivity contribution >= 4 is 5.97 Å². The fourth-order valence-corrected chi connectivity index (χ4v) is 5.10. The van der Waals surface area contributed by atoms with Crippen LogP contribution in [0.2, 0.25) is 0 Å². The number of benzene rings is 2. The summed E-state index contributed by atoms with van der Waals surface area (Å²) in [6, 6.07) is 16.5. The third-order valence-corrected chi connectivity index (χ3v) is 7.16. The summed E-state index contributed by atoms with van der Waals surface area (Å²) < 4.78 is 5.83. The van der Waals surface area contributed by atoms with E-state index in [2.05, 4.69) is 44.2 Å². The molecule has 0 N–H and O–H groups in total. The molecule has 174 valence electrons.